The Bertz CT molecular complexity index is 463. The average molecular weight is 310 g/mol. The number of ether oxygens (including phenoxy) is 1. The molecule has 0 bridgehead atoms. The van der Waals surface area contributed by atoms with E-state index in [1.165, 1.54) is 18.9 Å². The predicted octanol–water partition coefficient (Wildman–Crippen LogP) is 1.26. The number of amides is 2. The van der Waals surface area contributed by atoms with Gasteiger partial charge in [-0.2, -0.15) is 0 Å². The minimum absolute atomic E-state index is 0.0177. The Kier molecular flexibility index (Phi) is 6.14. The first-order valence-electron chi connectivity index (χ1n) is 7.62. The van der Waals surface area contributed by atoms with E-state index in [0.717, 1.165) is 6.42 Å². The van der Waals surface area contributed by atoms with Crippen LogP contribution < -0.4 is 5.32 Å². The molecule has 124 valence electrons. The fourth-order valence-corrected chi connectivity index (χ4v) is 3.06. The summed E-state index contributed by atoms with van der Waals surface area (Å²) in [4.78, 5) is 38.0. The zero-order valence-electron chi connectivity index (χ0n) is 13.8. The number of nitrogens with one attached hydrogen (secondary N) is 1. The first kappa shape index (κ1) is 18.2. The zero-order chi connectivity index (χ0) is 16.9. The maximum Gasteiger partial charge on any atom is 0.328 e. The van der Waals surface area contributed by atoms with Crippen molar-refractivity contribution in [3.8, 4) is 0 Å². The lowest BCUT2D eigenvalue weighted by molar-refractivity contribution is -0.153. The highest BCUT2D eigenvalue weighted by molar-refractivity contribution is 5.95. The lowest BCUT2D eigenvalue weighted by Crippen LogP contribution is -2.59. The molecule has 6 heteroatoms. The third-order valence-electron chi connectivity index (χ3n) is 4.48. The first-order valence-corrected chi connectivity index (χ1v) is 7.62. The second-order valence-electron chi connectivity index (χ2n) is 5.77. The molecule has 1 saturated heterocycles. The number of carbonyl (C=O) groups excluding carboxylic acids is 3. The maximum atomic E-state index is 13.0. The van der Waals surface area contributed by atoms with Crippen LogP contribution in [0.4, 0.5) is 0 Å². The highest BCUT2D eigenvalue weighted by Crippen LogP contribution is 2.34. The SMILES string of the molecule is C=CC[C@H](C(=O)OC)N1CC[C@](NC(C)=O)(C(C)CC)C1=O. The summed E-state index contributed by atoms with van der Waals surface area (Å²) < 4.78 is 4.79. The Morgan fingerprint density at radius 2 is 2.18 bits per heavy atom. The van der Waals surface area contributed by atoms with Crippen molar-refractivity contribution >= 4 is 17.8 Å². The van der Waals surface area contributed by atoms with Gasteiger partial charge in [-0.15, -0.1) is 6.58 Å². The molecule has 0 aliphatic carbocycles. The molecule has 1 aliphatic heterocycles. The molecule has 0 aromatic rings. The summed E-state index contributed by atoms with van der Waals surface area (Å²) in [5, 5.41) is 2.83. The van der Waals surface area contributed by atoms with E-state index in [9.17, 15) is 14.4 Å². The first-order chi connectivity index (χ1) is 10.3. The van der Waals surface area contributed by atoms with Crippen molar-refractivity contribution in [1.82, 2.24) is 10.2 Å². The van der Waals surface area contributed by atoms with Crippen LogP contribution >= 0.6 is 0 Å². The van der Waals surface area contributed by atoms with Crippen molar-refractivity contribution < 1.29 is 19.1 Å². The summed E-state index contributed by atoms with van der Waals surface area (Å²) in [6.07, 6.45) is 3.17. The van der Waals surface area contributed by atoms with Crippen molar-refractivity contribution in [2.75, 3.05) is 13.7 Å². The molecule has 1 fully saturated rings. The third-order valence-corrected chi connectivity index (χ3v) is 4.48. The summed E-state index contributed by atoms with van der Waals surface area (Å²) in [7, 11) is 1.30. The number of esters is 1. The van der Waals surface area contributed by atoms with Crippen LogP contribution in [0.25, 0.3) is 0 Å². The van der Waals surface area contributed by atoms with Gasteiger partial charge in [0.15, 0.2) is 0 Å². The van der Waals surface area contributed by atoms with Crippen molar-refractivity contribution in [3.63, 3.8) is 0 Å². The maximum absolute atomic E-state index is 13.0. The molecule has 3 atom stereocenters. The molecule has 2 amide bonds. The van der Waals surface area contributed by atoms with Gasteiger partial charge in [-0.05, 0) is 18.8 Å². The highest BCUT2D eigenvalue weighted by Gasteiger charge is 2.52. The molecule has 0 saturated carbocycles. The predicted molar refractivity (Wildman–Crippen MR) is 83.0 cm³/mol. The summed E-state index contributed by atoms with van der Waals surface area (Å²) in [5.41, 5.74) is -0.936. The molecule has 1 rings (SSSR count). The van der Waals surface area contributed by atoms with Crippen LogP contribution in [0.5, 0.6) is 0 Å². The zero-order valence-corrected chi connectivity index (χ0v) is 13.8. The van der Waals surface area contributed by atoms with Gasteiger partial charge in [0.25, 0.3) is 0 Å². The van der Waals surface area contributed by atoms with E-state index < -0.39 is 17.6 Å². The monoisotopic (exact) mass is 310 g/mol. The van der Waals surface area contributed by atoms with E-state index in [0.29, 0.717) is 19.4 Å². The van der Waals surface area contributed by atoms with Gasteiger partial charge in [-0.1, -0.05) is 26.3 Å². The van der Waals surface area contributed by atoms with Crippen LogP contribution in [0.1, 0.15) is 40.0 Å². The number of likely N-dealkylation sites (tertiary alicyclic amines) is 1. The molecule has 0 aromatic carbocycles. The molecule has 0 radical (unpaired) electrons. The fraction of sp³-hybridized carbons (Fsp3) is 0.688. The summed E-state index contributed by atoms with van der Waals surface area (Å²) in [6.45, 7) is 9.37. The van der Waals surface area contributed by atoms with E-state index in [-0.39, 0.29) is 17.7 Å². The summed E-state index contributed by atoms with van der Waals surface area (Å²) >= 11 is 0. The second kappa shape index (κ2) is 7.42. The Balaban J connectivity index is 3.12. The molecule has 0 aromatic heterocycles. The van der Waals surface area contributed by atoms with E-state index in [2.05, 4.69) is 11.9 Å². The lowest BCUT2D eigenvalue weighted by atomic mass is 9.81. The molecular weight excluding hydrogens is 284 g/mol. The van der Waals surface area contributed by atoms with E-state index >= 15 is 0 Å². The van der Waals surface area contributed by atoms with Crippen molar-refractivity contribution in [1.29, 1.82) is 0 Å². The standard InChI is InChI=1S/C16H26N2O4/c1-6-8-13(14(20)22-5)18-10-9-16(15(18)21,11(3)7-2)17-12(4)19/h6,11,13H,1,7-10H2,2-5H3,(H,17,19)/t11?,13-,16+/m1/s1. The van der Waals surface area contributed by atoms with Crippen LogP contribution in [-0.4, -0.2) is 47.9 Å². The molecule has 0 spiro atoms. The highest BCUT2D eigenvalue weighted by atomic mass is 16.5. The van der Waals surface area contributed by atoms with Crippen LogP contribution in [0.2, 0.25) is 0 Å². The van der Waals surface area contributed by atoms with Gasteiger partial charge in [0.2, 0.25) is 11.8 Å². The number of nitrogens with zero attached hydrogens (tertiary/aromatic N) is 1. The largest absolute Gasteiger partial charge is 0.467 e. The number of hydrogen-bond acceptors (Lipinski definition) is 4. The summed E-state index contributed by atoms with van der Waals surface area (Å²) in [6, 6.07) is -0.685. The van der Waals surface area contributed by atoms with Crippen molar-refractivity contribution in [2.45, 2.75) is 51.6 Å². The third kappa shape index (κ3) is 3.31. The van der Waals surface area contributed by atoms with Gasteiger partial charge in [-0.3, -0.25) is 9.59 Å². The fourth-order valence-electron chi connectivity index (χ4n) is 3.06. The van der Waals surface area contributed by atoms with E-state index in [1.807, 2.05) is 13.8 Å². The molecule has 6 nitrogen and oxygen atoms in total. The van der Waals surface area contributed by atoms with Crippen LogP contribution in [0.15, 0.2) is 12.7 Å². The minimum atomic E-state index is -0.936. The van der Waals surface area contributed by atoms with Crippen molar-refractivity contribution in [2.24, 2.45) is 5.92 Å². The normalized spacial score (nSPS) is 23.8. The quantitative estimate of drug-likeness (QED) is 0.567. The number of hydrogen-bond donors (Lipinski definition) is 1. The Labute approximate surface area is 131 Å². The summed E-state index contributed by atoms with van der Waals surface area (Å²) in [5.74, 6) is -0.935. The molecule has 1 aliphatic rings. The van der Waals surface area contributed by atoms with Gasteiger partial charge >= 0.3 is 5.97 Å². The molecular formula is C16H26N2O4. The van der Waals surface area contributed by atoms with Gasteiger partial charge in [-0.25, -0.2) is 4.79 Å². The smallest absolute Gasteiger partial charge is 0.328 e. The Morgan fingerprint density at radius 3 is 2.64 bits per heavy atom. The molecule has 22 heavy (non-hydrogen) atoms. The van der Waals surface area contributed by atoms with Crippen molar-refractivity contribution in [3.05, 3.63) is 12.7 Å². The van der Waals surface area contributed by atoms with Gasteiger partial charge in [0, 0.05) is 13.5 Å². The van der Waals surface area contributed by atoms with E-state index in [1.54, 1.807) is 6.08 Å². The molecule has 1 N–H and O–H groups in total. The van der Waals surface area contributed by atoms with Gasteiger partial charge in [0.1, 0.15) is 11.6 Å². The Morgan fingerprint density at radius 1 is 1.55 bits per heavy atom. The van der Waals surface area contributed by atoms with Crippen LogP contribution in [0, 0.1) is 5.92 Å². The molecule has 1 heterocycles. The lowest BCUT2D eigenvalue weighted by Gasteiger charge is -2.35. The number of methoxy groups -OCH3 is 1. The van der Waals surface area contributed by atoms with Gasteiger partial charge < -0.3 is 15.0 Å². The Hall–Kier alpha value is -1.85. The second-order valence-corrected chi connectivity index (χ2v) is 5.77. The van der Waals surface area contributed by atoms with Crippen LogP contribution in [-0.2, 0) is 19.1 Å². The number of carbonyl (C=O) groups is 3. The minimum Gasteiger partial charge on any atom is -0.467 e. The van der Waals surface area contributed by atoms with E-state index in [4.69, 9.17) is 4.74 Å². The topological polar surface area (TPSA) is 75.7 Å². The number of rotatable bonds is 7. The molecule has 1 unspecified atom stereocenters. The van der Waals surface area contributed by atoms with Gasteiger partial charge in [0.05, 0.1) is 7.11 Å². The van der Waals surface area contributed by atoms with Crippen LogP contribution in [0.3, 0.4) is 0 Å². The average Bonchev–Trinajstić information content (AvgIpc) is 2.80.